The van der Waals surface area contributed by atoms with Crippen molar-refractivity contribution in [2.24, 2.45) is 4.99 Å². The van der Waals surface area contributed by atoms with E-state index in [2.05, 4.69) is 10.6 Å². The topological polar surface area (TPSA) is 36.4 Å². The zero-order chi connectivity index (χ0) is 19.5. The quantitative estimate of drug-likeness (QED) is 0.505. The molecular weight excluding hydrogens is 432 g/mol. The van der Waals surface area contributed by atoms with Crippen molar-refractivity contribution in [2.45, 2.75) is 18.6 Å². The van der Waals surface area contributed by atoms with Gasteiger partial charge in [0.05, 0.1) is 6.04 Å². The molecule has 0 aliphatic carbocycles. The fourth-order valence-corrected chi connectivity index (χ4v) is 3.68. The van der Waals surface area contributed by atoms with Gasteiger partial charge in [-0.2, -0.15) is 0 Å². The van der Waals surface area contributed by atoms with Crippen molar-refractivity contribution in [1.29, 1.82) is 0 Å². The molecule has 1 aliphatic rings. The SMILES string of the molecule is Cl.Fc1ccc(CNC2=N[C@@H](c3cccc(Cl)c3)[C@@H](c3cccc(Cl)c3)N2)cc1. The molecule has 0 spiro atoms. The van der Waals surface area contributed by atoms with Gasteiger partial charge in [-0.05, 0) is 53.1 Å². The van der Waals surface area contributed by atoms with E-state index in [9.17, 15) is 4.39 Å². The van der Waals surface area contributed by atoms with Gasteiger partial charge in [0.15, 0.2) is 5.96 Å². The first kappa shape index (κ1) is 21.4. The lowest BCUT2D eigenvalue weighted by Gasteiger charge is -2.20. The molecule has 3 aromatic rings. The first-order valence-electron chi connectivity index (χ1n) is 8.92. The molecule has 29 heavy (non-hydrogen) atoms. The van der Waals surface area contributed by atoms with Crippen LogP contribution < -0.4 is 10.6 Å². The van der Waals surface area contributed by atoms with Gasteiger partial charge in [0.25, 0.3) is 0 Å². The molecule has 150 valence electrons. The van der Waals surface area contributed by atoms with Gasteiger partial charge in [0.2, 0.25) is 0 Å². The van der Waals surface area contributed by atoms with Crippen molar-refractivity contribution in [3.63, 3.8) is 0 Å². The third-order valence-electron chi connectivity index (χ3n) is 4.65. The van der Waals surface area contributed by atoms with Crippen LogP contribution in [0.4, 0.5) is 4.39 Å². The highest BCUT2D eigenvalue weighted by molar-refractivity contribution is 6.30. The maximum atomic E-state index is 13.1. The molecule has 0 fully saturated rings. The summed E-state index contributed by atoms with van der Waals surface area (Å²) in [7, 11) is 0. The molecule has 0 saturated carbocycles. The van der Waals surface area contributed by atoms with E-state index in [1.54, 1.807) is 12.1 Å². The third kappa shape index (κ3) is 5.21. The summed E-state index contributed by atoms with van der Waals surface area (Å²) in [5.41, 5.74) is 3.03. The van der Waals surface area contributed by atoms with Crippen LogP contribution >= 0.6 is 35.6 Å². The molecule has 3 nitrogen and oxygen atoms in total. The van der Waals surface area contributed by atoms with Gasteiger partial charge in [0, 0.05) is 16.6 Å². The molecule has 0 aromatic heterocycles. The molecule has 0 radical (unpaired) electrons. The average Bonchev–Trinajstić information content (AvgIpc) is 3.12. The minimum Gasteiger partial charge on any atom is -0.352 e. The Bertz CT molecular complexity index is 1010. The van der Waals surface area contributed by atoms with E-state index in [0.29, 0.717) is 22.5 Å². The summed E-state index contributed by atoms with van der Waals surface area (Å²) in [5.74, 6) is 0.432. The van der Waals surface area contributed by atoms with E-state index in [0.717, 1.165) is 16.7 Å². The Morgan fingerprint density at radius 1 is 0.897 bits per heavy atom. The number of nitrogens with one attached hydrogen (secondary N) is 2. The second kappa shape index (κ2) is 9.49. The van der Waals surface area contributed by atoms with Crippen LogP contribution in [0.5, 0.6) is 0 Å². The van der Waals surface area contributed by atoms with E-state index in [-0.39, 0.29) is 30.3 Å². The third-order valence-corrected chi connectivity index (χ3v) is 5.12. The summed E-state index contributed by atoms with van der Waals surface area (Å²) in [4.78, 5) is 4.84. The first-order valence-corrected chi connectivity index (χ1v) is 9.68. The minimum absolute atomic E-state index is 0. The van der Waals surface area contributed by atoms with Crippen LogP contribution in [0.1, 0.15) is 28.8 Å². The Morgan fingerprint density at radius 3 is 2.17 bits per heavy atom. The molecule has 0 unspecified atom stereocenters. The number of halogens is 4. The monoisotopic (exact) mass is 449 g/mol. The zero-order valence-electron chi connectivity index (χ0n) is 15.3. The molecule has 3 aromatic carbocycles. The molecule has 2 atom stereocenters. The van der Waals surface area contributed by atoms with E-state index in [1.165, 1.54) is 12.1 Å². The average molecular weight is 451 g/mol. The summed E-state index contributed by atoms with van der Waals surface area (Å²) >= 11 is 12.4. The number of benzene rings is 3. The molecule has 7 heteroatoms. The van der Waals surface area contributed by atoms with Crippen molar-refractivity contribution >= 4 is 41.6 Å². The predicted molar refractivity (Wildman–Crippen MR) is 119 cm³/mol. The van der Waals surface area contributed by atoms with Crippen LogP contribution in [0, 0.1) is 5.82 Å². The summed E-state index contributed by atoms with van der Waals surface area (Å²) in [6.07, 6.45) is 0. The molecular formula is C22H19Cl3FN3. The van der Waals surface area contributed by atoms with Gasteiger partial charge in [-0.15, -0.1) is 12.4 Å². The largest absolute Gasteiger partial charge is 0.352 e. The highest BCUT2D eigenvalue weighted by Crippen LogP contribution is 2.37. The highest BCUT2D eigenvalue weighted by atomic mass is 35.5. The van der Waals surface area contributed by atoms with Crippen molar-refractivity contribution in [3.05, 3.63) is 105 Å². The molecule has 1 heterocycles. The van der Waals surface area contributed by atoms with Gasteiger partial charge >= 0.3 is 0 Å². The molecule has 0 amide bonds. The maximum Gasteiger partial charge on any atom is 0.192 e. The van der Waals surface area contributed by atoms with Gasteiger partial charge in [-0.25, -0.2) is 9.38 Å². The summed E-state index contributed by atoms with van der Waals surface area (Å²) in [6, 6.07) is 21.6. The summed E-state index contributed by atoms with van der Waals surface area (Å²) in [5, 5.41) is 8.09. The number of hydrogen-bond acceptors (Lipinski definition) is 3. The van der Waals surface area contributed by atoms with Crippen LogP contribution in [0.15, 0.2) is 77.8 Å². The van der Waals surface area contributed by atoms with E-state index >= 15 is 0 Å². The van der Waals surface area contributed by atoms with Crippen molar-refractivity contribution in [1.82, 2.24) is 10.6 Å². The van der Waals surface area contributed by atoms with E-state index < -0.39 is 0 Å². The van der Waals surface area contributed by atoms with Crippen LogP contribution in [0.3, 0.4) is 0 Å². The van der Waals surface area contributed by atoms with E-state index in [1.807, 2.05) is 48.5 Å². The van der Waals surface area contributed by atoms with Gasteiger partial charge in [-0.1, -0.05) is 59.6 Å². The normalized spacial score (nSPS) is 17.8. The lowest BCUT2D eigenvalue weighted by Crippen LogP contribution is -2.35. The molecule has 4 rings (SSSR count). The van der Waals surface area contributed by atoms with Crippen LogP contribution in [0.25, 0.3) is 0 Å². The zero-order valence-corrected chi connectivity index (χ0v) is 17.6. The van der Waals surface area contributed by atoms with Gasteiger partial charge in [-0.3, -0.25) is 0 Å². The van der Waals surface area contributed by atoms with Gasteiger partial charge in [0.1, 0.15) is 11.9 Å². The number of rotatable bonds is 4. The highest BCUT2D eigenvalue weighted by Gasteiger charge is 2.31. The van der Waals surface area contributed by atoms with Gasteiger partial charge < -0.3 is 10.6 Å². The molecule has 1 aliphatic heterocycles. The van der Waals surface area contributed by atoms with Crippen molar-refractivity contribution in [2.75, 3.05) is 0 Å². The van der Waals surface area contributed by atoms with Crippen LogP contribution in [-0.4, -0.2) is 5.96 Å². The Morgan fingerprint density at radius 2 is 1.52 bits per heavy atom. The maximum absolute atomic E-state index is 13.1. The first-order chi connectivity index (χ1) is 13.6. The Labute approximate surface area is 185 Å². The number of nitrogens with zero attached hydrogens (tertiary/aromatic N) is 1. The summed E-state index contributed by atoms with van der Waals surface area (Å²) < 4.78 is 13.1. The molecule has 0 saturated heterocycles. The summed E-state index contributed by atoms with van der Waals surface area (Å²) in [6.45, 7) is 0.538. The Kier molecular flexibility index (Phi) is 7.01. The van der Waals surface area contributed by atoms with Crippen LogP contribution in [-0.2, 0) is 6.54 Å². The number of hydrogen-bond donors (Lipinski definition) is 2. The fourth-order valence-electron chi connectivity index (χ4n) is 3.29. The smallest absolute Gasteiger partial charge is 0.192 e. The number of guanidine groups is 1. The van der Waals surface area contributed by atoms with E-state index in [4.69, 9.17) is 28.2 Å². The molecule has 0 bridgehead atoms. The standard InChI is InChI=1S/C22H18Cl2FN3.ClH/c23-17-5-1-3-15(11-17)20-21(16-4-2-6-18(24)12-16)28-22(27-20)26-13-14-7-9-19(25)10-8-14;/h1-12,20-21H,13H2,(H2,26,27,28);1H/t20-,21+;. The molecule has 2 N–H and O–H groups in total. The lowest BCUT2D eigenvalue weighted by atomic mass is 9.95. The number of aliphatic imine (C=N–C) groups is 1. The fraction of sp³-hybridized carbons (Fsp3) is 0.136. The van der Waals surface area contributed by atoms with Crippen molar-refractivity contribution < 1.29 is 4.39 Å². The second-order valence-electron chi connectivity index (χ2n) is 6.63. The van der Waals surface area contributed by atoms with Crippen molar-refractivity contribution in [3.8, 4) is 0 Å². The lowest BCUT2D eigenvalue weighted by molar-refractivity contribution is 0.570. The Hall–Kier alpha value is -2.27. The predicted octanol–water partition coefficient (Wildman–Crippen LogP) is 6.09. The Balaban J connectivity index is 0.00000240. The second-order valence-corrected chi connectivity index (χ2v) is 7.51. The minimum atomic E-state index is -0.248. The van der Waals surface area contributed by atoms with Crippen LogP contribution in [0.2, 0.25) is 10.0 Å².